The lowest BCUT2D eigenvalue weighted by molar-refractivity contribution is -0.148. The molecule has 0 bridgehead atoms. The number of carboxylic acid groups (broad SMARTS) is 2. The molecular formula is C49H82N10O22. The maximum absolute atomic E-state index is 13.6. The van der Waals surface area contributed by atoms with Gasteiger partial charge < -0.3 is 121 Å². The number of terminal acetylenes is 1. The van der Waals surface area contributed by atoms with E-state index in [2.05, 4.69) is 21.2 Å². The number of ether oxygens (including phenoxy) is 10. The van der Waals surface area contributed by atoms with E-state index in [4.69, 9.17) is 76.7 Å². The van der Waals surface area contributed by atoms with Crippen LogP contribution in [0.5, 0.6) is 0 Å². The number of guanidine groups is 2. The molecule has 32 heteroatoms. The molecule has 0 fully saturated rings. The van der Waals surface area contributed by atoms with Crippen LogP contribution in [0.25, 0.3) is 0 Å². The van der Waals surface area contributed by atoms with Gasteiger partial charge in [-0.15, -0.1) is 6.42 Å². The average Bonchev–Trinajstić information content (AvgIpc) is 3.43. The molecule has 4 amide bonds. The molecule has 2 aliphatic rings. The van der Waals surface area contributed by atoms with Gasteiger partial charge in [0.25, 0.3) is 0 Å². The van der Waals surface area contributed by atoms with Crippen LogP contribution in [0.3, 0.4) is 0 Å². The molecule has 0 unspecified atom stereocenters. The van der Waals surface area contributed by atoms with Gasteiger partial charge in [-0.1, -0.05) is 12.8 Å². The Balaban J connectivity index is 2.12. The summed E-state index contributed by atoms with van der Waals surface area (Å²) < 4.78 is 55.8. The maximum atomic E-state index is 13.6. The van der Waals surface area contributed by atoms with Crippen molar-refractivity contribution in [3.63, 3.8) is 0 Å². The first-order valence-electron chi connectivity index (χ1n) is 26.0. The number of hydrogen-bond acceptors (Lipinski definition) is 22. The third-order valence-electron chi connectivity index (χ3n) is 12.0. The van der Waals surface area contributed by atoms with Crippen molar-refractivity contribution in [2.75, 3.05) is 132 Å². The summed E-state index contributed by atoms with van der Waals surface area (Å²) in [6.07, 6.45) is -4.59. The molecule has 2 heterocycles. The monoisotopic (exact) mass is 1160 g/mol. The number of aliphatic carboxylic acids is 2. The highest BCUT2D eigenvalue weighted by atomic mass is 16.6. The summed E-state index contributed by atoms with van der Waals surface area (Å²) in [4.78, 5) is 88.7. The number of carbonyl (C=O) groups is 6. The van der Waals surface area contributed by atoms with Crippen molar-refractivity contribution in [3.05, 3.63) is 23.7 Å². The number of carbonyl (C=O) groups excluding carboxylic acids is 4. The topological polar surface area (TPSA) is 467 Å². The Morgan fingerprint density at radius 3 is 1.46 bits per heavy atom. The maximum Gasteiger partial charge on any atom is 0.410 e. The molecule has 0 aromatic heterocycles. The fraction of sp³-hybridized carbons (Fsp3) is 0.714. The first-order chi connectivity index (χ1) is 38.6. The zero-order chi connectivity index (χ0) is 60.4. The van der Waals surface area contributed by atoms with Crippen molar-refractivity contribution in [2.45, 2.75) is 88.9 Å². The van der Waals surface area contributed by atoms with Crippen LogP contribution in [0, 0.1) is 18.3 Å². The lowest BCUT2D eigenvalue weighted by Gasteiger charge is -2.40. The van der Waals surface area contributed by atoms with Crippen molar-refractivity contribution >= 4 is 47.9 Å². The normalized spacial score (nSPS) is 19.9. The Morgan fingerprint density at radius 1 is 0.642 bits per heavy atom. The second kappa shape index (κ2) is 38.8. The van der Waals surface area contributed by atoms with E-state index < -0.39 is 121 Å². The molecule has 0 aromatic carbocycles. The number of nitrogens with one attached hydrogen (secondary N) is 1. The van der Waals surface area contributed by atoms with Crippen LogP contribution in [-0.4, -0.2) is 280 Å². The van der Waals surface area contributed by atoms with Gasteiger partial charge in [-0.05, 0) is 26.0 Å². The second-order valence-corrected chi connectivity index (χ2v) is 17.8. The second-order valence-electron chi connectivity index (χ2n) is 17.8. The summed E-state index contributed by atoms with van der Waals surface area (Å²) in [7, 11) is 0. The van der Waals surface area contributed by atoms with E-state index in [1.807, 2.05) is 0 Å². The third kappa shape index (κ3) is 25.7. The van der Waals surface area contributed by atoms with Crippen LogP contribution in [0.1, 0.15) is 34.1 Å². The van der Waals surface area contributed by atoms with E-state index in [1.165, 1.54) is 20.8 Å². The summed E-state index contributed by atoms with van der Waals surface area (Å²) >= 11 is 0. The highest BCUT2D eigenvalue weighted by Gasteiger charge is 2.47. The molecule has 81 heavy (non-hydrogen) atoms. The number of aliphatic imine (C=N–C) groups is 2. The lowest BCUT2D eigenvalue weighted by atomic mass is 9.87. The van der Waals surface area contributed by atoms with E-state index >= 15 is 0 Å². The van der Waals surface area contributed by atoms with E-state index in [0.29, 0.717) is 26.4 Å². The molecule has 10 atom stereocenters. The van der Waals surface area contributed by atoms with Crippen LogP contribution in [0.15, 0.2) is 33.7 Å². The van der Waals surface area contributed by atoms with E-state index in [0.717, 1.165) is 13.0 Å². The van der Waals surface area contributed by atoms with Crippen LogP contribution in [0.2, 0.25) is 0 Å². The smallest absolute Gasteiger partial charge is 0.410 e. The van der Waals surface area contributed by atoms with Crippen molar-refractivity contribution < 1.29 is 107 Å². The minimum Gasteiger partial charge on any atom is -0.479 e. The first-order valence-corrected chi connectivity index (χ1v) is 26.0. The summed E-state index contributed by atoms with van der Waals surface area (Å²) in [6, 6.07) is -3.51. The number of aliphatic hydroxyl groups excluding tert-OH is 4. The highest BCUT2D eigenvalue weighted by Crippen LogP contribution is 2.31. The number of aliphatic hydroxyl groups is 4. The lowest BCUT2D eigenvalue weighted by Crippen LogP contribution is -2.61. The fourth-order valence-corrected chi connectivity index (χ4v) is 7.86. The predicted octanol–water partition coefficient (Wildman–Crippen LogP) is -4.54. The standard InChI is InChI=1S/C49H82N10O22/c1-6-14-72-20-22-76-24-25-77-23-21-73-15-9-38(65)59(12-18-74-16-10-57(7-2)48(70)80-41(34(63)28-60)40-30(4)32(55-46(50)51)26-36(78-40)44(66)67)13-19-75-17-11-58(8-3)49(71)81-42(35(64)29-61)43-39(54-31(5)62)33(56-47(52)53)27-37(79-43)45(68)69/h1,26-27,30,32-35,39-43,60-61,63-64H,7-25,28-29H2,2-5H3,(H,54,62)(H,66,67)(H,68,69)(H4,50,51,55)(H4,52,53,56)/t30-,32+,33+,34-,35-,39-,40-,41-,42-,43-/m1/s1. The Bertz CT molecular complexity index is 2120. The molecule has 2 aliphatic heterocycles. The Morgan fingerprint density at radius 2 is 1.04 bits per heavy atom. The Hall–Kier alpha value is -6.80. The van der Waals surface area contributed by atoms with Crippen molar-refractivity contribution in [1.82, 2.24) is 20.0 Å². The molecule has 2 rings (SSSR count). The highest BCUT2D eigenvalue weighted by molar-refractivity contribution is 5.86. The third-order valence-corrected chi connectivity index (χ3v) is 12.0. The number of carboxylic acids is 2. The zero-order valence-corrected chi connectivity index (χ0v) is 46.1. The molecule has 15 N–H and O–H groups in total. The average molecular weight is 1160 g/mol. The molecule has 0 saturated heterocycles. The number of likely N-dealkylation sites (N-methyl/N-ethyl adjacent to an activating group) is 2. The largest absolute Gasteiger partial charge is 0.479 e. The Kier molecular flexibility index (Phi) is 33.7. The van der Waals surface area contributed by atoms with Crippen LogP contribution in [0.4, 0.5) is 9.59 Å². The van der Waals surface area contributed by atoms with E-state index in [-0.39, 0.29) is 110 Å². The van der Waals surface area contributed by atoms with E-state index in [9.17, 15) is 59.4 Å². The number of nitrogens with two attached hydrogens (primary N) is 4. The summed E-state index contributed by atoms with van der Waals surface area (Å²) in [5, 5.41) is 63.4. The predicted molar refractivity (Wildman–Crippen MR) is 283 cm³/mol. The van der Waals surface area contributed by atoms with Crippen molar-refractivity contribution in [1.29, 1.82) is 0 Å². The Labute approximate surface area is 469 Å². The quantitative estimate of drug-likeness (QED) is 0.0119. The van der Waals surface area contributed by atoms with Crippen molar-refractivity contribution in [3.8, 4) is 12.3 Å². The number of nitrogens with zero attached hydrogens (tertiary/aromatic N) is 5. The van der Waals surface area contributed by atoms with Crippen LogP contribution < -0.4 is 28.3 Å². The van der Waals surface area contributed by atoms with Crippen LogP contribution >= 0.6 is 0 Å². The van der Waals surface area contributed by atoms with Gasteiger partial charge in [0.05, 0.1) is 110 Å². The van der Waals surface area contributed by atoms with Gasteiger partial charge >= 0.3 is 24.1 Å². The molecule has 0 aromatic rings. The fourth-order valence-electron chi connectivity index (χ4n) is 7.86. The van der Waals surface area contributed by atoms with Crippen molar-refractivity contribution in [2.24, 2.45) is 38.8 Å². The minimum absolute atomic E-state index is 0.0266. The van der Waals surface area contributed by atoms with Gasteiger partial charge in [0.15, 0.2) is 30.2 Å². The van der Waals surface area contributed by atoms with Gasteiger partial charge in [0.1, 0.15) is 24.9 Å². The molecule has 0 radical (unpaired) electrons. The number of rotatable bonds is 40. The summed E-state index contributed by atoms with van der Waals surface area (Å²) in [5.74, 6) is -4.50. The molecule has 0 saturated carbocycles. The molecular weight excluding hydrogens is 1080 g/mol. The van der Waals surface area contributed by atoms with Gasteiger partial charge in [0, 0.05) is 52.1 Å². The van der Waals surface area contributed by atoms with Gasteiger partial charge in [-0.2, -0.15) is 0 Å². The molecule has 460 valence electrons. The molecule has 0 aliphatic carbocycles. The summed E-state index contributed by atoms with van der Waals surface area (Å²) in [5.41, 5.74) is 22.3. The first kappa shape index (κ1) is 70.3. The summed E-state index contributed by atoms with van der Waals surface area (Å²) in [6.45, 7) is 5.90. The van der Waals surface area contributed by atoms with Gasteiger partial charge in [-0.3, -0.25) is 9.59 Å². The van der Waals surface area contributed by atoms with Gasteiger partial charge in [-0.25, -0.2) is 29.2 Å². The minimum atomic E-state index is -1.85. The number of amides is 4. The van der Waals surface area contributed by atoms with E-state index in [1.54, 1.807) is 20.8 Å². The molecule has 0 spiro atoms. The zero-order valence-electron chi connectivity index (χ0n) is 46.1. The molecule has 32 nitrogen and oxygen atoms in total. The van der Waals surface area contributed by atoms with Gasteiger partial charge in [0.2, 0.25) is 23.3 Å². The number of hydrogen-bond donors (Lipinski definition) is 11. The van der Waals surface area contributed by atoms with Crippen LogP contribution in [-0.2, 0) is 66.5 Å². The SMILES string of the molecule is C#CCOCCOCCOCCOCCC(=O)N(CCOCCN(CC)C(=O)O[C@@H]([C@@H]1OC(C(=O)O)=C[C@H](N=C(N)N)[C@H]1C)[C@H](O)CO)CCOCCN(CC)C(=O)O[C@@H]([C@@H]1OC(C(=O)O)=C[C@H](N=C(N)N)[C@H]1NC(C)=O)[C@H](O)CO.